The number of rotatable bonds is 7. The summed E-state index contributed by atoms with van der Waals surface area (Å²) in [7, 11) is -6.83. The van der Waals surface area contributed by atoms with Crippen LogP contribution in [0.3, 0.4) is 0 Å². The number of halogens is 1. The van der Waals surface area contributed by atoms with E-state index in [1.807, 2.05) is 49.4 Å². The lowest BCUT2D eigenvalue weighted by molar-refractivity contribution is -0.136. The van der Waals surface area contributed by atoms with Crippen molar-refractivity contribution in [2.45, 2.75) is 35.7 Å². The van der Waals surface area contributed by atoms with E-state index < -0.39 is 31.8 Å². The molecule has 9 heteroatoms. The molecule has 1 atom stereocenters. The summed E-state index contributed by atoms with van der Waals surface area (Å²) in [5, 5.41) is 9.92. The Morgan fingerprint density at radius 1 is 0.870 bits per heavy atom. The molecular weight excluding hydrogens is 624 g/mol. The van der Waals surface area contributed by atoms with Crippen LogP contribution in [0.4, 0.5) is 4.39 Å². The molecule has 3 aromatic rings. The van der Waals surface area contributed by atoms with E-state index in [-0.39, 0.29) is 21.8 Å². The highest BCUT2D eigenvalue weighted by atomic mass is 32.2. The van der Waals surface area contributed by atoms with E-state index in [9.17, 15) is 26.7 Å². The van der Waals surface area contributed by atoms with Crippen LogP contribution in [0.15, 0.2) is 134 Å². The second-order valence-electron chi connectivity index (χ2n) is 11.7. The normalized spacial score (nSPS) is 19.8. The highest BCUT2D eigenvalue weighted by Gasteiger charge is 2.38. The summed E-state index contributed by atoms with van der Waals surface area (Å²) in [4.78, 5) is 12.4. The van der Waals surface area contributed by atoms with Gasteiger partial charge in [-0.25, -0.2) is 21.2 Å². The maximum atomic E-state index is 17.0. The molecule has 1 unspecified atom stereocenters. The molecule has 46 heavy (non-hydrogen) atoms. The zero-order valence-electron chi connectivity index (χ0n) is 25.4. The van der Waals surface area contributed by atoms with Gasteiger partial charge in [-0.15, -0.1) is 0 Å². The molecule has 1 N–H and O–H groups in total. The Balaban J connectivity index is 1.58. The fourth-order valence-corrected chi connectivity index (χ4v) is 7.56. The number of alkyl halides is 1. The SMILES string of the molecule is CC1=C(CC(=O)O)C2=C(C=C(C3=CCc4ccccc43)C(F)C2=Cc2ccc(S(C)(=O)=O)cc2)C1=Cc1ccc(S(C)(=O)=O)cc1. The zero-order valence-corrected chi connectivity index (χ0v) is 27.0. The molecule has 0 amide bonds. The molecule has 0 aromatic heterocycles. The molecule has 3 aliphatic carbocycles. The standard InChI is InChI=1S/C37H31FO6S2/c1-22-30(18-23-8-13-26(14-9-23)45(2,41)42)32-20-33(29-17-12-25-6-4-5-7-28(25)29)37(38)34(36(32)31(22)21-35(39)40)19-24-10-15-27(16-11-24)46(3,43)44/h4-11,13-20,37H,12,21H2,1-3H3,(H,39,40). The van der Waals surface area contributed by atoms with Crippen LogP contribution >= 0.6 is 0 Å². The number of fused-ring (bicyclic) bond motifs is 1. The quantitative estimate of drug-likeness (QED) is 0.295. The number of benzene rings is 3. The van der Waals surface area contributed by atoms with Crippen molar-refractivity contribution >= 4 is 43.4 Å². The fraction of sp³-hybridized carbons (Fsp3) is 0.162. The minimum atomic E-state index is -3.44. The number of carbonyl (C=O) groups is 1. The Hall–Kier alpha value is -4.60. The van der Waals surface area contributed by atoms with Gasteiger partial charge in [-0.3, -0.25) is 4.79 Å². The van der Waals surface area contributed by atoms with Crippen molar-refractivity contribution < 1.29 is 31.1 Å². The number of sulfone groups is 2. The molecule has 6 rings (SSSR count). The minimum absolute atomic E-state index is 0.138. The van der Waals surface area contributed by atoms with E-state index in [4.69, 9.17) is 0 Å². The van der Waals surface area contributed by atoms with Crippen LogP contribution in [0.1, 0.15) is 35.6 Å². The first-order valence-electron chi connectivity index (χ1n) is 14.6. The van der Waals surface area contributed by atoms with Gasteiger partial charge in [0.2, 0.25) is 0 Å². The topological polar surface area (TPSA) is 106 Å². The van der Waals surface area contributed by atoms with Crippen LogP contribution in [-0.2, 0) is 30.9 Å². The van der Waals surface area contributed by atoms with Gasteiger partial charge in [0.25, 0.3) is 0 Å². The monoisotopic (exact) mass is 654 g/mol. The molecule has 234 valence electrons. The zero-order chi connectivity index (χ0) is 33.0. The molecule has 0 aliphatic heterocycles. The summed E-state index contributed by atoms with van der Waals surface area (Å²) >= 11 is 0. The van der Waals surface area contributed by atoms with Crippen molar-refractivity contribution in [2.24, 2.45) is 0 Å². The summed E-state index contributed by atoms with van der Waals surface area (Å²) in [6.45, 7) is 1.82. The van der Waals surface area contributed by atoms with E-state index in [0.717, 1.165) is 29.2 Å². The van der Waals surface area contributed by atoms with Gasteiger partial charge < -0.3 is 5.11 Å². The lowest BCUT2D eigenvalue weighted by atomic mass is 9.79. The Bertz CT molecular complexity index is 2210. The maximum Gasteiger partial charge on any atom is 0.307 e. The average molecular weight is 655 g/mol. The molecule has 0 saturated carbocycles. The van der Waals surface area contributed by atoms with E-state index in [2.05, 4.69) is 0 Å². The maximum absolute atomic E-state index is 17.0. The molecule has 0 heterocycles. The summed E-state index contributed by atoms with van der Waals surface area (Å²) in [5.41, 5.74) is 7.86. The Morgan fingerprint density at radius 3 is 2.00 bits per heavy atom. The number of hydrogen-bond donors (Lipinski definition) is 1. The number of carboxylic acid groups (broad SMARTS) is 1. The lowest BCUT2D eigenvalue weighted by Gasteiger charge is -2.26. The van der Waals surface area contributed by atoms with Gasteiger partial charge in [-0.2, -0.15) is 0 Å². The first kappa shape index (κ1) is 31.4. The van der Waals surface area contributed by atoms with Crippen LogP contribution < -0.4 is 0 Å². The van der Waals surface area contributed by atoms with Crippen molar-refractivity contribution in [3.8, 4) is 0 Å². The van der Waals surface area contributed by atoms with Crippen LogP contribution in [-0.4, -0.2) is 46.6 Å². The predicted molar refractivity (Wildman–Crippen MR) is 178 cm³/mol. The summed E-state index contributed by atoms with van der Waals surface area (Å²) in [6.07, 6.45) is 8.34. The van der Waals surface area contributed by atoms with E-state index >= 15 is 4.39 Å². The molecule has 0 radical (unpaired) electrons. The second-order valence-corrected chi connectivity index (χ2v) is 15.8. The number of carboxylic acids is 1. The summed E-state index contributed by atoms with van der Waals surface area (Å²) in [5.74, 6) is -1.06. The number of allylic oxidation sites excluding steroid dienone is 9. The number of hydrogen-bond acceptors (Lipinski definition) is 5. The molecule has 0 fully saturated rings. The van der Waals surface area contributed by atoms with Crippen molar-refractivity contribution in [1.82, 2.24) is 0 Å². The van der Waals surface area contributed by atoms with E-state index in [1.165, 1.54) is 24.3 Å². The molecule has 0 spiro atoms. The van der Waals surface area contributed by atoms with Gasteiger partial charge in [0, 0.05) is 12.5 Å². The Kier molecular flexibility index (Phi) is 7.94. The minimum Gasteiger partial charge on any atom is -0.481 e. The largest absolute Gasteiger partial charge is 0.481 e. The van der Waals surface area contributed by atoms with Gasteiger partial charge in [0.15, 0.2) is 25.8 Å². The predicted octanol–water partition coefficient (Wildman–Crippen LogP) is 6.98. The van der Waals surface area contributed by atoms with Crippen LogP contribution in [0, 0.1) is 0 Å². The van der Waals surface area contributed by atoms with Crippen LogP contribution in [0.25, 0.3) is 17.7 Å². The Labute approximate surface area is 268 Å². The average Bonchev–Trinajstić information content (AvgIpc) is 3.53. The van der Waals surface area contributed by atoms with Gasteiger partial charge in [0.1, 0.15) is 0 Å². The molecular formula is C37H31FO6S2. The van der Waals surface area contributed by atoms with E-state index in [0.29, 0.717) is 51.0 Å². The van der Waals surface area contributed by atoms with Crippen LogP contribution in [0.5, 0.6) is 0 Å². The van der Waals surface area contributed by atoms with Crippen molar-refractivity contribution in [1.29, 1.82) is 0 Å². The first-order chi connectivity index (χ1) is 21.7. The third kappa shape index (κ3) is 5.88. The number of aliphatic carboxylic acids is 1. The lowest BCUT2D eigenvalue weighted by Crippen LogP contribution is -2.18. The second kappa shape index (κ2) is 11.6. The van der Waals surface area contributed by atoms with Gasteiger partial charge in [0.05, 0.1) is 16.2 Å². The fourth-order valence-electron chi connectivity index (χ4n) is 6.29. The third-order valence-corrected chi connectivity index (χ3v) is 10.8. The summed E-state index contributed by atoms with van der Waals surface area (Å²) in [6, 6.07) is 20.4. The third-order valence-electron chi connectivity index (χ3n) is 8.57. The van der Waals surface area contributed by atoms with Gasteiger partial charge in [-0.1, -0.05) is 54.6 Å². The molecule has 0 bridgehead atoms. The van der Waals surface area contributed by atoms with Crippen molar-refractivity contribution in [3.63, 3.8) is 0 Å². The van der Waals surface area contributed by atoms with Crippen molar-refractivity contribution in [2.75, 3.05) is 12.5 Å². The first-order valence-corrected chi connectivity index (χ1v) is 18.4. The smallest absolute Gasteiger partial charge is 0.307 e. The molecule has 3 aliphatic rings. The molecule has 0 saturated heterocycles. The molecule has 6 nitrogen and oxygen atoms in total. The van der Waals surface area contributed by atoms with Gasteiger partial charge in [-0.05, 0) is 123 Å². The van der Waals surface area contributed by atoms with Crippen molar-refractivity contribution in [3.05, 3.63) is 146 Å². The summed E-state index contributed by atoms with van der Waals surface area (Å²) < 4.78 is 65.3. The highest BCUT2D eigenvalue weighted by Crippen LogP contribution is 2.51. The van der Waals surface area contributed by atoms with Crippen LogP contribution in [0.2, 0.25) is 0 Å². The highest BCUT2D eigenvalue weighted by molar-refractivity contribution is 7.91. The Morgan fingerprint density at radius 2 is 1.43 bits per heavy atom. The molecule has 3 aromatic carbocycles. The van der Waals surface area contributed by atoms with E-state index in [1.54, 1.807) is 30.3 Å². The van der Waals surface area contributed by atoms with Gasteiger partial charge >= 0.3 is 5.97 Å².